The maximum absolute atomic E-state index is 13.6. The van der Waals surface area contributed by atoms with Gasteiger partial charge in [0.2, 0.25) is 0 Å². The summed E-state index contributed by atoms with van der Waals surface area (Å²) in [4.78, 5) is 0. The molecule has 1 nitrogen and oxygen atoms in total. The highest BCUT2D eigenvalue weighted by Gasteiger charge is 2.16. The van der Waals surface area contributed by atoms with Crippen LogP contribution in [-0.4, -0.2) is 5.11 Å². The molecule has 0 bridgehead atoms. The van der Waals surface area contributed by atoms with Crippen molar-refractivity contribution in [3.8, 4) is 0 Å². The number of halogens is 4. The van der Waals surface area contributed by atoms with Crippen LogP contribution in [0.1, 0.15) is 17.2 Å². The van der Waals surface area contributed by atoms with E-state index in [0.717, 1.165) is 14.1 Å². The predicted octanol–water partition coefficient (Wildman–Crippen LogP) is 4.61. The summed E-state index contributed by atoms with van der Waals surface area (Å²) in [6.07, 6.45) is -0.837. The molecule has 0 aliphatic carbocycles. The van der Waals surface area contributed by atoms with Crippen LogP contribution in [0, 0.1) is 15.2 Å². The standard InChI is InChI=1S/C14H10BrF2IO/c15-9-4-5-12(18)10(7-9)13(19)6-8-2-1-3-11(16)14(8)17/h1-5,7,13,19H,6H2. The van der Waals surface area contributed by atoms with Gasteiger partial charge in [0, 0.05) is 14.5 Å². The van der Waals surface area contributed by atoms with Crippen LogP contribution in [0.3, 0.4) is 0 Å². The molecular weight excluding hydrogens is 429 g/mol. The fraction of sp³-hybridized carbons (Fsp3) is 0.143. The van der Waals surface area contributed by atoms with Gasteiger partial charge in [0.25, 0.3) is 0 Å². The van der Waals surface area contributed by atoms with Crippen LogP contribution in [0.15, 0.2) is 40.9 Å². The first-order valence-electron chi connectivity index (χ1n) is 5.55. The fourth-order valence-electron chi connectivity index (χ4n) is 1.79. The van der Waals surface area contributed by atoms with Crippen LogP contribution in [0.2, 0.25) is 0 Å². The molecule has 1 unspecified atom stereocenters. The van der Waals surface area contributed by atoms with Crippen LogP contribution in [0.4, 0.5) is 8.78 Å². The lowest BCUT2D eigenvalue weighted by molar-refractivity contribution is 0.176. The summed E-state index contributed by atoms with van der Waals surface area (Å²) < 4.78 is 28.4. The first-order chi connectivity index (χ1) is 8.99. The highest BCUT2D eigenvalue weighted by Crippen LogP contribution is 2.27. The molecular formula is C14H10BrF2IO. The quantitative estimate of drug-likeness (QED) is 0.694. The maximum atomic E-state index is 13.6. The maximum Gasteiger partial charge on any atom is 0.162 e. The molecule has 0 saturated heterocycles. The molecule has 100 valence electrons. The van der Waals surface area contributed by atoms with E-state index in [9.17, 15) is 13.9 Å². The van der Waals surface area contributed by atoms with Gasteiger partial charge in [0.1, 0.15) is 0 Å². The Morgan fingerprint density at radius 3 is 2.68 bits per heavy atom. The number of aliphatic hydroxyl groups is 1. The largest absolute Gasteiger partial charge is 0.388 e. The van der Waals surface area contributed by atoms with Crippen LogP contribution in [0.5, 0.6) is 0 Å². The first kappa shape index (κ1) is 14.9. The number of hydrogen-bond acceptors (Lipinski definition) is 1. The first-order valence-corrected chi connectivity index (χ1v) is 7.42. The number of rotatable bonds is 3. The fourth-order valence-corrected chi connectivity index (χ4v) is 2.87. The summed E-state index contributed by atoms with van der Waals surface area (Å²) in [5, 5.41) is 10.2. The van der Waals surface area contributed by atoms with E-state index in [1.165, 1.54) is 12.1 Å². The van der Waals surface area contributed by atoms with Crippen molar-refractivity contribution < 1.29 is 13.9 Å². The van der Waals surface area contributed by atoms with Crippen LogP contribution in [0.25, 0.3) is 0 Å². The molecule has 2 aromatic carbocycles. The van der Waals surface area contributed by atoms with Gasteiger partial charge in [0.15, 0.2) is 11.6 Å². The summed E-state index contributed by atoms with van der Waals surface area (Å²) >= 11 is 5.43. The van der Waals surface area contributed by atoms with Gasteiger partial charge in [-0.2, -0.15) is 0 Å². The average molecular weight is 439 g/mol. The molecule has 0 spiro atoms. The Hall–Kier alpha value is -0.530. The second-order valence-corrected chi connectivity index (χ2v) is 6.18. The molecule has 0 aliphatic rings. The molecule has 2 aromatic rings. The zero-order chi connectivity index (χ0) is 14.0. The molecule has 0 heterocycles. The minimum atomic E-state index is -0.897. The average Bonchev–Trinajstić information content (AvgIpc) is 2.38. The number of aliphatic hydroxyl groups excluding tert-OH is 1. The third kappa shape index (κ3) is 3.52. The van der Waals surface area contributed by atoms with Crippen LogP contribution >= 0.6 is 38.5 Å². The van der Waals surface area contributed by atoms with Crippen molar-refractivity contribution >= 4 is 38.5 Å². The van der Waals surface area contributed by atoms with Crippen molar-refractivity contribution in [3.05, 3.63) is 67.2 Å². The molecule has 1 atom stereocenters. The number of benzene rings is 2. The van der Waals surface area contributed by atoms with E-state index in [-0.39, 0.29) is 12.0 Å². The van der Waals surface area contributed by atoms with E-state index in [2.05, 4.69) is 38.5 Å². The molecule has 0 fully saturated rings. The monoisotopic (exact) mass is 438 g/mol. The third-order valence-electron chi connectivity index (χ3n) is 2.76. The molecule has 0 amide bonds. The highest BCUT2D eigenvalue weighted by atomic mass is 127. The van der Waals surface area contributed by atoms with Crippen molar-refractivity contribution in [3.63, 3.8) is 0 Å². The number of hydrogen-bond donors (Lipinski definition) is 1. The van der Waals surface area contributed by atoms with Gasteiger partial charge in [-0.1, -0.05) is 28.1 Å². The minimum absolute atomic E-state index is 0.0377. The SMILES string of the molecule is OC(Cc1cccc(F)c1F)c1cc(Br)ccc1I. The second-order valence-electron chi connectivity index (χ2n) is 4.10. The summed E-state index contributed by atoms with van der Waals surface area (Å²) in [7, 11) is 0. The molecule has 0 saturated carbocycles. The Kier molecular flexibility index (Phi) is 4.92. The zero-order valence-corrected chi connectivity index (χ0v) is 13.5. The van der Waals surface area contributed by atoms with E-state index in [0.29, 0.717) is 5.56 Å². The van der Waals surface area contributed by atoms with Crippen molar-refractivity contribution in [2.75, 3.05) is 0 Å². The van der Waals surface area contributed by atoms with Gasteiger partial charge in [0.05, 0.1) is 6.10 Å². The molecule has 0 aliphatic heterocycles. The van der Waals surface area contributed by atoms with Crippen molar-refractivity contribution in [1.82, 2.24) is 0 Å². The smallest absolute Gasteiger partial charge is 0.162 e. The lowest BCUT2D eigenvalue weighted by Crippen LogP contribution is -2.06. The van der Waals surface area contributed by atoms with Crippen molar-refractivity contribution in [2.24, 2.45) is 0 Å². The normalized spacial score (nSPS) is 12.5. The Morgan fingerprint density at radius 2 is 1.95 bits per heavy atom. The summed E-state index contributed by atoms with van der Waals surface area (Å²) in [6.45, 7) is 0. The molecule has 2 rings (SSSR count). The van der Waals surface area contributed by atoms with E-state index in [1.54, 1.807) is 6.07 Å². The highest BCUT2D eigenvalue weighted by molar-refractivity contribution is 14.1. The molecule has 1 N–H and O–H groups in total. The molecule has 0 aromatic heterocycles. The van der Waals surface area contributed by atoms with Gasteiger partial charge in [-0.25, -0.2) is 8.78 Å². The van der Waals surface area contributed by atoms with Gasteiger partial charge in [-0.15, -0.1) is 0 Å². The lowest BCUT2D eigenvalue weighted by atomic mass is 10.0. The molecule has 19 heavy (non-hydrogen) atoms. The Morgan fingerprint density at radius 1 is 1.21 bits per heavy atom. The van der Waals surface area contributed by atoms with E-state index < -0.39 is 17.7 Å². The topological polar surface area (TPSA) is 20.2 Å². The summed E-state index contributed by atoms with van der Waals surface area (Å²) in [5.41, 5.74) is 0.863. The van der Waals surface area contributed by atoms with Gasteiger partial charge >= 0.3 is 0 Å². The van der Waals surface area contributed by atoms with E-state index >= 15 is 0 Å². The molecule has 5 heteroatoms. The van der Waals surface area contributed by atoms with E-state index in [1.807, 2.05) is 12.1 Å². The summed E-state index contributed by atoms with van der Waals surface area (Å²) in [5.74, 6) is -1.79. The van der Waals surface area contributed by atoms with Gasteiger partial charge < -0.3 is 5.11 Å². The molecule has 0 radical (unpaired) electrons. The second kappa shape index (κ2) is 6.28. The van der Waals surface area contributed by atoms with Gasteiger partial charge in [-0.3, -0.25) is 0 Å². The van der Waals surface area contributed by atoms with E-state index in [4.69, 9.17) is 0 Å². The van der Waals surface area contributed by atoms with Crippen molar-refractivity contribution in [2.45, 2.75) is 12.5 Å². The zero-order valence-electron chi connectivity index (χ0n) is 9.71. The van der Waals surface area contributed by atoms with Crippen LogP contribution < -0.4 is 0 Å². The Bertz CT molecular complexity index is 604. The minimum Gasteiger partial charge on any atom is -0.388 e. The Balaban J connectivity index is 2.28. The van der Waals surface area contributed by atoms with Crippen LogP contribution in [-0.2, 0) is 6.42 Å². The van der Waals surface area contributed by atoms with Gasteiger partial charge in [-0.05, 0) is 58.0 Å². The third-order valence-corrected chi connectivity index (χ3v) is 4.24. The Labute approximate surface area is 131 Å². The van der Waals surface area contributed by atoms with Crippen molar-refractivity contribution in [1.29, 1.82) is 0 Å². The lowest BCUT2D eigenvalue weighted by Gasteiger charge is -2.14. The predicted molar refractivity (Wildman–Crippen MR) is 81.9 cm³/mol. The summed E-state index contributed by atoms with van der Waals surface area (Å²) in [6, 6.07) is 9.47.